The van der Waals surface area contributed by atoms with Gasteiger partial charge in [-0.05, 0) is 36.0 Å². The molecule has 0 aromatic carbocycles. The van der Waals surface area contributed by atoms with Crippen molar-refractivity contribution in [3.05, 3.63) is 0 Å². The summed E-state index contributed by atoms with van der Waals surface area (Å²) < 4.78 is 0. The third-order valence-corrected chi connectivity index (χ3v) is 4.98. The van der Waals surface area contributed by atoms with Crippen molar-refractivity contribution in [3.8, 4) is 0 Å². The monoisotopic (exact) mass is 198 g/mol. The van der Waals surface area contributed by atoms with Crippen LogP contribution in [0.2, 0.25) is 0 Å². The molecule has 3 heteroatoms. The Labute approximate surface area is 84.1 Å². The normalized spacial score (nSPS) is 51.1. The molecule has 2 fully saturated rings. The second-order valence-electron chi connectivity index (χ2n) is 5.39. The number of hydrogen-bond donors (Lipinski definition) is 2. The van der Waals surface area contributed by atoms with Crippen LogP contribution >= 0.6 is 0 Å². The highest BCUT2D eigenvalue weighted by Gasteiger charge is 2.63. The molecular weight excluding hydrogens is 180 g/mol. The van der Waals surface area contributed by atoms with E-state index in [9.17, 15) is 9.90 Å². The number of aliphatic hydroxyl groups excluding tert-OH is 1. The third-order valence-electron chi connectivity index (χ3n) is 4.98. The lowest BCUT2D eigenvalue weighted by molar-refractivity contribution is -0.142. The van der Waals surface area contributed by atoms with Gasteiger partial charge in [-0.3, -0.25) is 4.79 Å². The standard InChI is InChI=1S/C11H18O3/c1-10-4-3-7(5-8(10)12)11(10,2)6-9(13)14/h7-8,12H,3-6H2,1-2H3,(H,13,14)/t7-,8-,10-,11-/m0/s1. The first kappa shape index (κ1) is 9.97. The Kier molecular flexibility index (Phi) is 1.94. The van der Waals surface area contributed by atoms with Gasteiger partial charge in [0.2, 0.25) is 0 Å². The molecule has 2 N–H and O–H groups in total. The highest BCUT2D eigenvalue weighted by Crippen LogP contribution is 2.67. The van der Waals surface area contributed by atoms with Gasteiger partial charge in [-0.2, -0.15) is 0 Å². The Morgan fingerprint density at radius 1 is 1.50 bits per heavy atom. The largest absolute Gasteiger partial charge is 0.481 e. The molecule has 0 aromatic rings. The molecular formula is C11H18O3. The summed E-state index contributed by atoms with van der Waals surface area (Å²) in [6.45, 7) is 4.09. The first-order chi connectivity index (χ1) is 6.40. The zero-order valence-corrected chi connectivity index (χ0v) is 8.79. The van der Waals surface area contributed by atoms with E-state index in [1.54, 1.807) is 0 Å². The molecule has 3 nitrogen and oxygen atoms in total. The predicted octanol–water partition coefficient (Wildman–Crippen LogP) is 1.65. The molecule has 2 bridgehead atoms. The predicted molar refractivity (Wildman–Crippen MR) is 51.8 cm³/mol. The number of aliphatic hydroxyl groups is 1. The minimum atomic E-state index is -0.736. The fourth-order valence-electron chi connectivity index (χ4n) is 3.66. The lowest BCUT2D eigenvalue weighted by Gasteiger charge is -2.38. The minimum Gasteiger partial charge on any atom is -0.481 e. The quantitative estimate of drug-likeness (QED) is 0.709. The van der Waals surface area contributed by atoms with Gasteiger partial charge >= 0.3 is 5.97 Å². The lowest BCUT2D eigenvalue weighted by atomic mass is 9.66. The molecule has 0 amide bonds. The average Bonchev–Trinajstić information content (AvgIpc) is 2.37. The third kappa shape index (κ3) is 0.991. The van der Waals surface area contributed by atoms with E-state index >= 15 is 0 Å². The summed E-state index contributed by atoms with van der Waals surface area (Å²) in [7, 11) is 0. The van der Waals surface area contributed by atoms with Crippen molar-refractivity contribution in [2.75, 3.05) is 0 Å². The summed E-state index contributed by atoms with van der Waals surface area (Å²) >= 11 is 0. The molecule has 14 heavy (non-hydrogen) atoms. The van der Waals surface area contributed by atoms with Gasteiger partial charge in [-0.15, -0.1) is 0 Å². The zero-order chi connectivity index (χ0) is 10.6. The highest BCUT2D eigenvalue weighted by atomic mass is 16.4. The molecule has 0 spiro atoms. The summed E-state index contributed by atoms with van der Waals surface area (Å²) in [6.07, 6.45) is 2.75. The molecule has 0 saturated heterocycles. The van der Waals surface area contributed by atoms with E-state index < -0.39 is 5.97 Å². The highest BCUT2D eigenvalue weighted by molar-refractivity contribution is 5.68. The number of rotatable bonds is 2. The van der Waals surface area contributed by atoms with Crippen LogP contribution < -0.4 is 0 Å². The Balaban J connectivity index is 2.31. The number of aliphatic carboxylic acids is 1. The summed E-state index contributed by atoms with van der Waals surface area (Å²) in [5.74, 6) is -0.335. The van der Waals surface area contributed by atoms with Gasteiger partial charge < -0.3 is 10.2 Å². The van der Waals surface area contributed by atoms with Crippen molar-refractivity contribution in [3.63, 3.8) is 0 Å². The second-order valence-corrected chi connectivity index (χ2v) is 5.39. The molecule has 2 rings (SSSR count). The van der Waals surface area contributed by atoms with Crippen LogP contribution in [-0.4, -0.2) is 22.3 Å². The first-order valence-electron chi connectivity index (χ1n) is 5.30. The van der Waals surface area contributed by atoms with Crippen LogP contribution in [0.15, 0.2) is 0 Å². The van der Waals surface area contributed by atoms with Crippen molar-refractivity contribution in [1.29, 1.82) is 0 Å². The van der Waals surface area contributed by atoms with E-state index in [1.165, 1.54) is 0 Å². The molecule has 0 radical (unpaired) electrons. The van der Waals surface area contributed by atoms with E-state index in [1.807, 2.05) is 13.8 Å². The summed E-state index contributed by atoms with van der Waals surface area (Å²) in [6, 6.07) is 0. The van der Waals surface area contributed by atoms with Crippen molar-refractivity contribution in [1.82, 2.24) is 0 Å². The molecule has 2 aliphatic rings. The summed E-state index contributed by atoms with van der Waals surface area (Å²) in [5, 5.41) is 18.9. The van der Waals surface area contributed by atoms with Gasteiger partial charge in [0, 0.05) is 0 Å². The van der Waals surface area contributed by atoms with Crippen molar-refractivity contribution < 1.29 is 15.0 Å². The second kappa shape index (κ2) is 2.72. The van der Waals surface area contributed by atoms with Gasteiger partial charge in [0.25, 0.3) is 0 Å². The SMILES string of the molecule is C[C@]1(CC(=O)O)[C@H]2CC[C@@]1(C)[C@@H](O)C2. The van der Waals surface area contributed by atoms with Crippen LogP contribution in [0.25, 0.3) is 0 Å². The molecule has 0 unspecified atom stereocenters. The Morgan fingerprint density at radius 3 is 2.50 bits per heavy atom. The maximum absolute atomic E-state index is 10.8. The van der Waals surface area contributed by atoms with Crippen LogP contribution in [-0.2, 0) is 4.79 Å². The Bertz CT molecular complexity index is 276. The van der Waals surface area contributed by atoms with Crippen LogP contribution in [0.5, 0.6) is 0 Å². The Hall–Kier alpha value is -0.570. The summed E-state index contributed by atoms with van der Waals surface area (Å²) in [4.78, 5) is 10.8. The van der Waals surface area contributed by atoms with E-state index in [0.29, 0.717) is 5.92 Å². The fraction of sp³-hybridized carbons (Fsp3) is 0.909. The average molecular weight is 198 g/mol. The van der Waals surface area contributed by atoms with E-state index in [-0.39, 0.29) is 23.4 Å². The molecule has 0 heterocycles. The topological polar surface area (TPSA) is 57.5 Å². The molecule has 4 atom stereocenters. The number of carbonyl (C=O) groups is 1. The van der Waals surface area contributed by atoms with E-state index in [0.717, 1.165) is 19.3 Å². The van der Waals surface area contributed by atoms with Gasteiger partial charge in [0.05, 0.1) is 12.5 Å². The van der Waals surface area contributed by atoms with Gasteiger partial charge in [-0.25, -0.2) is 0 Å². The number of hydrogen-bond acceptors (Lipinski definition) is 2. The van der Waals surface area contributed by atoms with Gasteiger partial charge in [-0.1, -0.05) is 13.8 Å². The molecule has 2 saturated carbocycles. The first-order valence-corrected chi connectivity index (χ1v) is 5.30. The maximum Gasteiger partial charge on any atom is 0.303 e. The lowest BCUT2D eigenvalue weighted by Crippen LogP contribution is -2.38. The van der Waals surface area contributed by atoms with Crippen LogP contribution in [0.1, 0.15) is 39.5 Å². The smallest absolute Gasteiger partial charge is 0.303 e. The van der Waals surface area contributed by atoms with Crippen molar-refractivity contribution >= 4 is 5.97 Å². The maximum atomic E-state index is 10.8. The molecule has 0 aliphatic heterocycles. The van der Waals surface area contributed by atoms with E-state index in [2.05, 4.69) is 0 Å². The van der Waals surface area contributed by atoms with Crippen LogP contribution in [0, 0.1) is 16.7 Å². The number of carboxylic acids is 1. The number of fused-ring (bicyclic) bond motifs is 2. The van der Waals surface area contributed by atoms with Crippen LogP contribution in [0.4, 0.5) is 0 Å². The van der Waals surface area contributed by atoms with Crippen molar-refractivity contribution in [2.24, 2.45) is 16.7 Å². The molecule has 80 valence electrons. The molecule has 0 aromatic heterocycles. The van der Waals surface area contributed by atoms with Crippen LogP contribution in [0.3, 0.4) is 0 Å². The number of carboxylic acid groups (broad SMARTS) is 1. The zero-order valence-electron chi connectivity index (χ0n) is 8.79. The van der Waals surface area contributed by atoms with Crippen molar-refractivity contribution in [2.45, 2.75) is 45.6 Å². The fourth-order valence-corrected chi connectivity index (χ4v) is 3.66. The van der Waals surface area contributed by atoms with E-state index in [4.69, 9.17) is 5.11 Å². The Morgan fingerprint density at radius 2 is 2.14 bits per heavy atom. The summed E-state index contributed by atoms with van der Waals surface area (Å²) in [5.41, 5.74) is -0.367. The van der Waals surface area contributed by atoms with Gasteiger partial charge in [0.1, 0.15) is 0 Å². The molecule has 2 aliphatic carbocycles. The van der Waals surface area contributed by atoms with Gasteiger partial charge in [0.15, 0.2) is 0 Å². The minimum absolute atomic E-state index is 0.171.